The zero-order valence-electron chi connectivity index (χ0n) is 10.5. The molecule has 0 bridgehead atoms. The highest BCUT2D eigenvalue weighted by molar-refractivity contribution is 9.09. The van der Waals surface area contributed by atoms with Gasteiger partial charge in [-0.1, -0.05) is 38.8 Å². The van der Waals surface area contributed by atoms with E-state index in [4.69, 9.17) is 4.74 Å². The van der Waals surface area contributed by atoms with Gasteiger partial charge in [0.25, 0.3) is 0 Å². The van der Waals surface area contributed by atoms with E-state index in [9.17, 15) is 4.79 Å². The van der Waals surface area contributed by atoms with Crippen molar-refractivity contribution in [2.75, 3.05) is 17.8 Å². The molecule has 100 valence electrons. The first-order valence-electron chi connectivity index (χ1n) is 6.03. The van der Waals surface area contributed by atoms with Crippen LogP contribution in [0, 0.1) is 0 Å². The van der Waals surface area contributed by atoms with Gasteiger partial charge in [0, 0.05) is 17.8 Å². The highest BCUT2D eigenvalue weighted by Crippen LogP contribution is 2.38. The summed E-state index contributed by atoms with van der Waals surface area (Å²) in [6.45, 7) is 2.08. The van der Waals surface area contributed by atoms with Crippen molar-refractivity contribution in [3.63, 3.8) is 0 Å². The Labute approximate surface area is 120 Å². The minimum absolute atomic E-state index is 0.0901. The summed E-state index contributed by atoms with van der Waals surface area (Å²) in [6.07, 6.45) is 4.54. The molecule has 1 aliphatic rings. The predicted molar refractivity (Wildman–Crippen MR) is 77.0 cm³/mol. The molecule has 1 fully saturated rings. The molecule has 1 N–H and O–H groups in total. The number of alkyl halides is 2. The Balaban J connectivity index is 2.53. The number of carbonyl (C=O) groups excluding carboxylic acids is 1. The van der Waals surface area contributed by atoms with Crippen LogP contribution in [0.4, 0.5) is 0 Å². The Morgan fingerprint density at radius 1 is 1.41 bits per heavy atom. The van der Waals surface area contributed by atoms with E-state index in [1.54, 1.807) is 7.11 Å². The molecule has 0 aromatic carbocycles. The van der Waals surface area contributed by atoms with Crippen LogP contribution in [0.15, 0.2) is 0 Å². The quantitative estimate of drug-likeness (QED) is 0.699. The number of nitrogens with one attached hydrogen (secondary N) is 1. The smallest absolute Gasteiger partial charge is 0.223 e. The van der Waals surface area contributed by atoms with E-state index in [1.807, 2.05) is 0 Å². The van der Waals surface area contributed by atoms with Crippen LogP contribution >= 0.6 is 31.9 Å². The first-order chi connectivity index (χ1) is 8.05. The molecule has 17 heavy (non-hydrogen) atoms. The molecule has 1 aliphatic carbocycles. The number of hydrogen-bond donors (Lipinski definition) is 1. The summed E-state index contributed by atoms with van der Waals surface area (Å²) in [4.78, 5) is 12.1. The molecular weight excluding hydrogens is 350 g/mol. The number of hydrogen-bond acceptors (Lipinski definition) is 2. The third kappa shape index (κ3) is 3.67. The molecule has 0 spiro atoms. The number of amides is 1. The van der Waals surface area contributed by atoms with Crippen molar-refractivity contribution in [1.82, 2.24) is 5.32 Å². The zero-order valence-corrected chi connectivity index (χ0v) is 13.7. The number of methoxy groups -OCH3 is 1. The molecule has 5 heteroatoms. The molecule has 1 saturated carbocycles. The third-order valence-electron chi connectivity index (χ3n) is 3.77. The van der Waals surface area contributed by atoms with Gasteiger partial charge in [0.2, 0.25) is 5.91 Å². The number of ether oxygens (including phenoxy) is 1. The molecule has 0 aliphatic heterocycles. The van der Waals surface area contributed by atoms with Crippen molar-refractivity contribution in [3.05, 3.63) is 0 Å². The molecular formula is C12H21Br2NO2. The molecule has 0 heterocycles. The first-order valence-corrected chi connectivity index (χ1v) is 8.28. The normalized spacial score (nSPS) is 18.6. The van der Waals surface area contributed by atoms with Crippen LogP contribution in [-0.4, -0.2) is 34.8 Å². The molecule has 0 unspecified atom stereocenters. The molecule has 0 radical (unpaired) electrons. The molecule has 0 aromatic heterocycles. The van der Waals surface area contributed by atoms with Crippen LogP contribution in [0.2, 0.25) is 0 Å². The largest absolute Gasteiger partial charge is 0.378 e. The van der Waals surface area contributed by atoms with Crippen molar-refractivity contribution in [1.29, 1.82) is 0 Å². The Kier molecular flexibility index (Phi) is 5.93. The molecule has 0 atom stereocenters. The van der Waals surface area contributed by atoms with Crippen molar-refractivity contribution >= 4 is 37.8 Å². The highest BCUT2D eigenvalue weighted by Gasteiger charge is 2.40. The lowest BCUT2D eigenvalue weighted by molar-refractivity contribution is -0.135. The maximum Gasteiger partial charge on any atom is 0.223 e. The fourth-order valence-corrected chi connectivity index (χ4v) is 4.04. The number of halogens is 2. The summed E-state index contributed by atoms with van der Waals surface area (Å²) in [7, 11) is 1.70. The van der Waals surface area contributed by atoms with Crippen LogP contribution in [-0.2, 0) is 9.53 Å². The maximum atomic E-state index is 12.1. The van der Waals surface area contributed by atoms with Crippen LogP contribution in [0.3, 0.4) is 0 Å². The van der Waals surface area contributed by atoms with E-state index in [0.717, 1.165) is 36.3 Å². The maximum absolute atomic E-state index is 12.1. The Morgan fingerprint density at radius 2 is 2.00 bits per heavy atom. The lowest BCUT2D eigenvalue weighted by atomic mass is 9.77. The van der Waals surface area contributed by atoms with E-state index in [-0.39, 0.29) is 17.0 Å². The first kappa shape index (κ1) is 15.4. The van der Waals surface area contributed by atoms with Crippen LogP contribution in [0.25, 0.3) is 0 Å². The van der Waals surface area contributed by atoms with Crippen LogP contribution in [0.1, 0.15) is 39.0 Å². The SMILES string of the molecule is CCC(CBr)(CBr)NC(=O)CC1(OC)CCC1. The highest BCUT2D eigenvalue weighted by atomic mass is 79.9. The standard InChI is InChI=1S/C12H21Br2NO2/c1-3-11(8-13,9-14)15-10(16)7-12(17-2)5-4-6-12/h3-9H2,1-2H3,(H,15,16). The second kappa shape index (κ2) is 6.53. The van der Waals surface area contributed by atoms with Crippen molar-refractivity contribution in [2.45, 2.75) is 50.2 Å². The summed E-state index contributed by atoms with van der Waals surface area (Å²) < 4.78 is 5.48. The number of rotatable bonds is 7. The van der Waals surface area contributed by atoms with Gasteiger partial charge >= 0.3 is 0 Å². The van der Waals surface area contributed by atoms with E-state index in [0.29, 0.717) is 6.42 Å². The van der Waals surface area contributed by atoms with E-state index >= 15 is 0 Å². The summed E-state index contributed by atoms with van der Waals surface area (Å²) >= 11 is 6.95. The summed E-state index contributed by atoms with van der Waals surface area (Å²) in [6, 6.07) is 0. The van der Waals surface area contributed by atoms with Gasteiger partial charge in [0.15, 0.2) is 0 Å². The van der Waals surface area contributed by atoms with Gasteiger partial charge in [-0.25, -0.2) is 0 Å². The van der Waals surface area contributed by atoms with Crippen LogP contribution in [0.5, 0.6) is 0 Å². The van der Waals surface area contributed by atoms with E-state index in [1.165, 1.54) is 0 Å². The van der Waals surface area contributed by atoms with Gasteiger partial charge in [-0.05, 0) is 25.7 Å². The van der Waals surface area contributed by atoms with Gasteiger partial charge in [0.1, 0.15) is 0 Å². The van der Waals surface area contributed by atoms with Gasteiger partial charge in [-0.2, -0.15) is 0 Å². The monoisotopic (exact) mass is 369 g/mol. The second-order valence-electron chi connectivity index (χ2n) is 4.87. The summed E-state index contributed by atoms with van der Waals surface area (Å²) in [5, 5.41) is 4.64. The fraction of sp³-hybridized carbons (Fsp3) is 0.917. The Morgan fingerprint density at radius 3 is 2.29 bits per heavy atom. The number of carbonyl (C=O) groups is 1. The van der Waals surface area contributed by atoms with Gasteiger partial charge < -0.3 is 10.1 Å². The lowest BCUT2D eigenvalue weighted by Gasteiger charge is -2.41. The lowest BCUT2D eigenvalue weighted by Crippen LogP contribution is -2.54. The van der Waals surface area contributed by atoms with Gasteiger partial charge in [-0.3, -0.25) is 4.79 Å². The minimum Gasteiger partial charge on any atom is -0.378 e. The van der Waals surface area contributed by atoms with Gasteiger partial charge in [-0.15, -0.1) is 0 Å². The summed E-state index contributed by atoms with van der Waals surface area (Å²) in [5.41, 5.74) is -0.377. The molecule has 0 aromatic rings. The van der Waals surface area contributed by atoms with E-state index < -0.39 is 0 Å². The Bertz CT molecular complexity index is 249. The fourth-order valence-electron chi connectivity index (χ4n) is 2.04. The van der Waals surface area contributed by atoms with E-state index in [2.05, 4.69) is 44.1 Å². The predicted octanol–water partition coefficient (Wildman–Crippen LogP) is 3.00. The average Bonchev–Trinajstić information content (AvgIpc) is 2.31. The van der Waals surface area contributed by atoms with Crippen molar-refractivity contribution in [3.8, 4) is 0 Å². The third-order valence-corrected chi connectivity index (χ3v) is 5.92. The van der Waals surface area contributed by atoms with Crippen molar-refractivity contribution < 1.29 is 9.53 Å². The molecule has 0 saturated heterocycles. The summed E-state index contributed by atoms with van der Waals surface area (Å²) in [5.74, 6) is 0.0901. The molecule has 1 rings (SSSR count). The zero-order chi connectivity index (χ0) is 12.9. The molecule has 3 nitrogen and oxygen atoms in total. The Hall–Kier alpha value is 0.390. The van der Waals surface area contributed by atoms with Crippen LogP contribution < -0.4 is 5.32 Å². The second-order valence-corrected chi connectivity index (χ2v) is 5.99. The average molecular weight is 371 g/mol. The minimum atomic E-state index is -0.192. The topological polar surface area (TPSA) is 38.3 Å². The molecule has 1 amide bonds. The van der Waals surface area contributed by atoms with Gasteiger partial charge in [0.05, 0.1) is 17.6 Å². The van der Waals surface area contributed by atoms with Crippen molar-refractivity contribution in [2.24, 2.45) is 0 Å².